The Bertz CT molecular complexity index is 1480. The second-order valence-electron chi connectivity index (χ2n) is 13.0. The molecule has 1 N–H and O–H groups in total. The molecule has 0 amide bonds. The maximum atomic E-state index is 11.8. The monoisotopic (exact) mass is 812 g/mol. The van der Waals surface area contributed by atoms with Crippen molar-refractivity contribution in [1.82, 2.24) is 0 Å². The minimum atomic E-state index is -0.245. The molecule has 0 bridgehead atoms. The van der Waals surface area contributed by atoms with E-state index in [1.54, 1.807) is 13.8 Å². The van der Waals surface area contributed by atoms with Crippen molar-refractivity contribution < 1.29 is 57.5 Å². The number of ether oxygens (including phenoxy) is 6. The summed E-state index contributed by atoms with van der Waals surface area (Å²) in [5.41, 5.74) is 4.40. The first-order valence-electron chi connectivity index (χ1n) is 20.5. The van der Waals surface area contributed by atoms with Crippen LogP contribution in [0.2, 0.25) is 0 Å². The number of aliphatic hydroxyl groups is 1. The third-order valence-electron chi connectivity index (χ3n) is 8.79. The number of esters is 4. The van der Waals surface area contributed by atoms with Crippen molar-refractivity contribution in [2.75, 3.05) is 47.8 Å². The molecule has 0 saturated carbocycles. The summed E-state index contributed by atoms with van der Waals surface area (Å²) in [6.07, 6.45) is 19.0. The molecule has 0 radical (unpaired) electrons. The Hall–Kier alpha value is -4.89. The van der Waals surface area contributed by atoms with Gasteiger partial charge in [0.2, 0.25) is 0 Å². The summed E-state index contributed by atoms with van der Waals surface area (Å²) in [6.45, 7) is 5.17. The Labute approximate surface area is 346 Å². The van der Waals surface area contributed by atoms with E-state index in [1.807, 2.05) is 24.3 Å². The second-order valence-corrected chi connectivity index (χ2v) is 13.0. The molecule has 0 aliphatic heterocycles. The van der Waals surface area contributed by atoms with Crippen LogP contribution >= 0.6 is 0 Å². The molecule has 0 atom stereocenters. The van der Waals surface area contributed by atoms with Crippen molar-refractivity contribution in [2.24, 2.45) is 0 Å². The minimum absolute atomic E-state index is 0.220. The van der Waals surface area contributed by atoms with E-state index in [0.717, 1.165) is 99.4 Å². The molecule has 0 heterocycles. The van der Waals surface area contributed by atoms with E-state index in [0.29, 0.717) is 84.2 Å². The van der Waals surface area contributed by atoms with E-state index in [2.05, 4.69) is 22.8 Å². The van der Waals surface area contributed by atoms with Crippen molar-refractivity contribution in [3.8, 4) is 23.8 Å². The van der Waals surface area contributed by atoms with Gasteiger partial charge >= 0.3 is 23.9 Å². The first-order chi connectivity index (χ1) is 28.2. The summed E-state index contributed by atoms with van der Waals surface area (Å²) < 4.78 is 31.2. The normalized spacial score (nSPS) is 10.0. The van der Waals surface area contributed by atoms with Gasteiger partial charge in [0.1, 0.15) is 17.8 Å². The predicted molar refractivity (Wildman–Crippen MR) is 224 cm³/mol. The van der Waals surface area contributed by atoms with Gasteiger partial charge in [-0.3, -0.25) is 19.2 Å². The van der Waals surface area contributed by atoms with Crippen molar-refractivity contribution in [3.05, 3.63) is 58.7 Å². The molecule has 0 aromatic heterocycles. The van der Waals surface area contributed by atoms with Gasteiger partial charge in [0.05, 0.1) is 40.6 Å². The molecule has 12 nitrogen and oxygen atoms in total. The lowest BCUT2D eigenvalue weighted by atomic mass is 9.97. The number of aldehydes is 1. The van der Waals surface area contributed by atoms with Crippen molar-refractivity contribution in [3.63, 3.8) is 0 Å². The van der Waals surface area contributed by atoms with Gasteiger partial charge in [0.15, 0.2) is 0 Å². The largest absolute Gasteiger partial charge is 0.493 e. The summed E-state index contributed by atoms with van der Waals surface area (Å²) in [6, 6.07) is 11.9. The molecule has 2 aromatic rings. The van der Waals surface area contributed by atoms with Crippen LogP contribution in [0.15, 0.2) is 36.4 Å². The number of hydrogen-bond acceptors (Lipinski definition) is 12. The van der Waals surface area contributed by atoms with Crippen LogP contribution in [0.25, 0.3) is 0 Å². The van der Waals surface area contributed by atoms with Gasteiger partial charge in [0, 0.05) is 45.6 Å². The van der Waals surface area contributed by atoms with E-state index < -0.39 is 0 Å². The highest BCUT2D eigenvalue weighted by atomic mass is 16.5. The zero-order chi connectivity index (χ0) is 43.2. The molecule has 12 heteroatoms. The van der Waals surface area contributed by atoms with Gasteiger partial charge in [-0.05, 0) is 112 Å². The standard InChI is InChI=1S/C23H34O6.C22H30O5.CH4O/c1-3-27-22(25)14-10-18-29-21-13-9-12-19(11-7-5-6-8-17-24)20(21)15-16-23(26)28-4-2;1-4-5-6-7-8-11-18-12-9-13-20(19(18)15-16-22(24)26-3)27-17-10-14-21(23)25-2;1-2/h9,12-13,17H,3-8,10-11,14-16,18H2,1-2H3;1,9,12-13H,5-8,10-11,14-17H2,2-3H3;2H,1H3. The molecule has 0 saturated heterocycles. The third-order valence-corrected chi connectivity index (χ3v) is 8.79. The van der Waals surface area contributed by atoms with Crippen molar-refractivity contribution in [2.45, 2.75) is 129 Å². The fraction of sp³-hybridized carbons (Fsp3) is 0.587. The lowest BCUT2D eigenvalue weighted by Gasteiger charge is -2.16. The topological polar surface area (TPSA) is 161 Å². The van der Waals surface area contributed by atoms with Crippen molar-refractivity contribution >= 4 is 30.2 Å². The number of terminal acetylenes is 1. The van der Waals surface area contributed by atoms with Crippen LogP contribution in [0.5, 0.6) is 11.5 Å². The lowest BCUT2D eigenvalue weighted by molar-refractivity contribution is -0.144. The molecule has 2 rings (SSSR count). The number of unbranched alkanes of at least 4 members (excludes halogenated alkanes) is 6. The smallest absolute Gasteiger partial charge is 0.306 e. The Morgan fingerprint density at radius 1 is 0.603 bits per heavy atom. The second kappa shape index (κ2) is 36.5. The van der Waals surface area contributed by atoms with E-state index in [4.69, 9.17) is 35.2 Å². The van der Waals surface area contributed by atoms with Crippen LogP contribution in [0.4, 0.5) is 0 Å². The fourth-order valence-corrected chi connectivity index (χ4v) is 5.89. The van der Waals surface area contributed by atoms with E-state index in [-0.39, 0.29) is 23.9 Å². The van der Waals surface area contributed by atoms with Crippen LogP contribution in [0.3, 0.4) is 0 Å². The van der Waals surface area contributed by atoms with E-state index in [9.17, 15) is 24.0 Å². The summed E-state index contributed by atoms with van der Waals surface area (Å²) >= 11 is 0. The number of rotatable bonds is 29. The molecule has 2 aromatic carbocycles. The van der Waals surface area contributed by atoms with Crippen LogP contribution < -0.4 is 9.47 Å². The third kappa shape index (κ3) is 25.4. The number of hydrogen-bond donors (Lipinski definition) is 1. The Balaban J connectivity index is 0.00000108. The summed E-state index contributed by atoms with van der Waals surface area (Å²) in [5.74, 6) is 3.26. The van der Waals surface area contributed by atoms with Crippen LogP contribution in [-0.4, -0.2) is 83.0 Å². The molecular formula is C46H68O12. The zero-order valence-corrected chi connectivity index (χ0v) is 35.6. The number of carbonyl (C=O) groups excluding carboxylic acids is 5. The Morgan fingerprint density at radius 2 is 1.05 bits per heavy atom. The van der Waals surface area contributed by atoms with Gasteiger partial charge in [-0.15, -0.1) is 12.3 Å². The quantitative estimate of drug-likeness (QED) is 0.0281. The molecule has 58 heavy (non-hydrogen) atoms. The molecule has 0 aliphatic carbocycles. The van der Waals surface area contributed by atoms with Gasteiger partial charge < -0.3 is 38.3 Å². The maximum Gasteiger partial charge on any atom is 0.306 e. The number of aryl methyl sites for hydroxylation is 2. The van der Waals surface area contributed by atoms with Gasteiger partial charge in [-0.25, -0.2) is 0 Å². The predicted octanol–water partition coefficient (Wildman–Crippen LogP) is 7.68. The van der Waals surface area contributed by atoms with Crippen LogP contribution in [-0.2, 0) is 68.6 Å². The molecule has 0 fully saturated rings. The van der Waals surface area contributed by atoms with E-state index in [1.165, 1.54) is 19.8 Å². The SMILES string of the molecule is C#CCCCCCc1cccc(OCCCC(=O)OC)c1CCC(=O)OC.CCOC(=O)CCCOc1cccc(CCCCCC=O)c1CCC(=O)OCC.CO. The van der Waals surface area contributed by atoms with Crippen LogP contribution in [0, 0.1) is 12.3 Å². The summed E-state index contributed by atoms with van der Waals surface area (Å²) in [5, 5.41) is 7.00. The number of methoxy groups -OCH3 is 2. The molecule has 0 unspecified atom stereocenters. The Morgan fingerprint density at radius 3 is 1.52 bits per heavy atom. The molecule has 324 valence electrons. The van der Waals surface area contributed by atoms with Gasteiger partial charge in [-0.2, -0.15) is 0 Å². The lowest BCUT2D eigenvalue weighted by Crippen LogP contribution is -2.10. The highest BCUT2D eigenvalue weighted by Crippen LogP contribution is 2.28. The summed E-state index contributed by atoms with van der Waals surface area (Å²) in [4.78, 5) is 56.5. The van der Waals surface area contributed by atoms with Crippen LogP contribution in [0.1, 0.15) is 126 Å². The summed E-state index contributed by atoms with van der Waals surface area (Å²) in [7, 11) is 3.77. The molecule has 0 aliphatic rings. The first-order valence-corrected chi connectivity index (χ1v) is 20.5. The fourth-order valence-electron chi connectivity index (χ4n) is 5.89. The molecular weight excluding hydrogens is 744 g/mol. The van der Waals surface area contributed by atoms with E-state index >= 15 is 0 Å². The number of aliphatic hydroxyl groups excluding tert-OH is 1. The highest BCUT2D eigenvalue weighted by molar-refractivity contribution is 5.71. The van der Waals surface area contributed by atoms with Gasteiger partial charge in [-0.1, -0.05) is 37.1 Å². The maximum absolute atomic E-state index is 11.8. The van der Waals surface area contributed by atoms with Gasteiger partial charge in [0.25, 0.3) is 0 Å². The average molecular weight is 813 g/mol. The number of benzene rings is 2. The highest BCUT2D eigenvalue weighted by Gasteiger charge is 2.15. The van der Waals surface area contributed by atoms with Crippen molar-refractivity contribution in [1.29, 1.82) is 0 Å². The number of carbonyl (C=O) groups is 5. The minimum Gasteiger partial charge on any atom is -0.493 e. The zero-order valence-electron chi connectivity index (χ0n) is 35.6. The first kappa shape index (κ1) is 53.1. The Kier molecular flexibility index (Phi) is 33.4. The molecule has 0 spiro atoms. The average Bonchev–Trinajstić information content (AvgIpc) is 3.23.